The molecule has 0 spiro atoms. The molecular formula is C14H14F2N2. The Labute approximate surface area is 105 Å². The normalized spacial score (nSPS) is 12.4. The number of benzene rings is 1. The van der Waals surface area contributed by atoms with Crippen molar-refractivity contribution in [1.82, 2.24) is 10.3 Å². The van der Waals surface area contributed by atoms with E-state index in [-0.39, 0.29) is 5.56 Å². The molecule has 0 saturated heterocycles. The molecule has 4 heteroatoms. The first-order valence-electron chi connectivity index (χ1n) is 5.67. The lowest BCUT2D eigenvalue weighted by atomic mass is 9.99. The number of hydrogen-bond acceptors (Lipinski definition) is 2. The molecule has 2 nitrogen and oxygen atoms in total. The topological polar surface area (TPSA) is 24.9 Å². The average Bonchev–Trinajstić information content (AvgIpc) is 2.37. The molecule has 0 aliphatic carbocycles. The van der Waals surface area contributed by atoms with Gasteiger partial charge in [0.2, 0.25) is 0 Å². The third-order valence-electron chi connectivity index (χ3n) is 2.85. The van der Waals surface area contributed by atoms with E-state index in [1.165, 1.54) is 6.07 Å². The van der Waals surface area contributed by atoms with Crippen LogP contribution >= 0.6 is 0 Å². The lowest BCUT2D eigenvalue weighted by Gasteiger charge is -2.17. The fourth-order valence-electron chi connectivity index (χ4n) is 1.90. The molecule has 0 radical (unpaired) electrons. The molecule has 0 bridgehead atoms. The maximum Gasteiger partial charge on any atom is 0.163 e. The third kappa shape index (κ3) is 2.38. The fourth-order valence-corrected chi connectivity index (χ4v) is 1.90. The molecule has 1 heterocycles. The Morgan fingerprint density at radius 2 is 1.94 bits per heavy atom. The van der Waals surface area contributed by atoms with Crippen molar-refractivity contribution in [2.24, 2.45) is 0 Å². The second kappa shape index (κ2) is 5.23. The molecule has 0 amide bonds. The molecule has 1 N–H and O–H groups in total. The molecule has 1 aromatic heterocycles. The van der Waals surface area contributed by atoms with E-state index in [2.05, 4.69) is 10.3 Å². The van der Waals surface area contributed by atoms with Crippen molar-refractivity contribution < 1.29 is 8.78 Å². The van der Waals surface area contributed by atoms with Gasteiger partial charge in [0.05, 0.1) is 6.04 Å². The highest BCUT2D eigenvalue weighted by atomic mass is 19.2. The Morgan fingerprint density at radius 1 is 1.17 bits per heavy atom. The lowest BCUT2D eigenvalue weighted by molar-refractivity contribution is 0.487. The number of aromatic nitrogens is 1. The van der Waals surface area contributed by atoms with Crippen LogP contribution in [-0.4, -0.2) is 12.0 Å². The van der Waals surface area contributed by atoms with Crippen LogP contribution in [0, 0.1) is 18.6 Å². The molecule has 1 unspecified atom stereocenters. The number of hydrogen-bond donors (Lipinski definition) is 1. The van der Waals surface area contributed by atoms with Gasteiger partial charge in [0.15, 0.2) is 11.6 Å². The monoisotopic (exact) mass is 248 g/mol. The fraction of sp³-hybridized carbons (Fsp3) is 0.214. The summed E-state index contributed by atoms with van der Waals surface area (Å²) in [6.07, 6.45) is 1.67. The van der Waals surface area contributed by atoms with E-state index in [4.69, 9.17) is 0 Å². The Hall–Kier alpha value is -1.81. The second-order valence-corrected chi connectivity index (χ2v) is 4.10. The average molecular weight is 248 g/mol. The van der Waals surface area contributed by atoms with Gasteiger partial charge in [0.1, 0.15) is 0 Å². The van der Waals surface area contributed by atoms with Crippen LogP contribution in [0.4, 0.5) is 8.78 Å². The molecule has 0 saturated carbocycles. The van der Waals surface area contributed by atoms with E-state index in [1.807, 2.05) is 19.1 Å². The second-order valence-electron chi connectivity index (χ2n) is 4.10. The molecule has 0 aliphatic heterocycles. The molecule has 1 atom stereocenters. The van der Waals surface area contributed by atoms with Crippen LogP contribution in [0.3, 0.4) is 0 Å². The Balaban J connectivity index is 2.45. The van der Waals surface area contributed by atoms with Gasteiger partial charge in [-0.25, -0.2) is 8.78 Å². The Kier molecular flexibility index (Phi) is 3.67. The van der Waals surface area contributed by atoms with Crippen LogP contribution in [0.25, 0.3) is 0 Å². The van der Waals surface area contributed by atoms with Gasteiger partial charge in [-0.1, -0.05) is 18.2 Å². The molecule has 1 aromatic carbocycles. The quantitative estimate of drug-likeness (QED) is 0.903. The van der Waals surface area contributed by atoms with E-state index in [0.717, 1.165) is 17.3 Å². The Bertz CT molecular complexity index is 538. The highest BCUT2D eigenvalue weighted by Crippen LogP contribution is 2.24. The zero-order valence-corrected chi connectivity index (χ0v) is 10.2. The van der Waals surface area contributed by atoms with Crippen molar-refractivity contribution >= 4 is 0 Å². The van der Waals surface area contributed by atoms with Crippen molar-refractivity contribution in [1.29, 1.82) is 0 Å². The van der Waals surface area contributed by atoms with Crippen LogP contribution in [0.15, 0.2) is 36.5 Å². The zero-order chi connectivity index (χ0) is 13.1. The zero-order valence-electron chi connectivity index (χ0n) is 10.2. The summed E-state index contributed by atoms with van der Waals surface area (Å²) in [5.74, 6) is -1.66. The standard InChI is InChI=1S/C14H14F2N2/c1-9-6-7-10(8-18-9)14(17-2)11-4-3-5-12(15)13(11)16/h3-8,14,17H,1-2H3. The Morgan fingerprint density at radius 3 is 2.56 bits per heavy atom. The smallest absolute Gasteiger partial charge is 0.163 e. The van der Waals surface area contributed by atoms with Gasteiger partial charge in [0.25, 0.3) is 0 Å². The van der Waals surface area contributed by atoms with Crippen LogP contribution < -0.4 is 5.32 Å². The summed E-state index contributed by atoms with van der Waals surface area (Å²) in [6.45, 7) is 1.88. The summed E-state index contributed by atoms with van der Waals surface area (Å²) >= 11 is 0. The highest BCUT2D eigenvalue weighted by Gasteiger charge is 2.18. The summed E-state index contributed by atoms with van der Waals surface area (Å²) in [7, 11) is 1.70. The number of rotatable bonds is 3. The van der Waals surface area contributed by atoms with E-state index < -0.39 is 17.7 Å². The van der Waals surface area contributed by atoms with Gasteiger partial charge in [-0.15, -0.1) is 0 Å². The minimum Gasteiger partial charge on any atom is -0.309 e. The minimum absolute atomic E-state index is 0.281. The first-order chi connectivity index (χ1) is 8.63. The molecule has 0 aliphatic rings. The summed E-state index contributed by atoms with van der Waals surface area (Å²) in [6, 6.07) is 7.47. The van der Waals surface area contributed by atoms with Crippen LogP contribution in [0.2, 0.25) is 0 Å². The minimum atomic E-state index is -0.840. The van der Waals surface area contributed by atoms with Crippen molar-refractivity contribution in [2.45, 2.75) is 13.0 Å². The number of nitrogens with one attached hydrogen (secondary N) is 1. The van der Waals surface area contributed by atoms with Crippen LogP contribution in [-0.2, 0) is 0 Å². The summed E-state index contributed by atoms with van der Waals surface area (Å²) in [4.78, 5) is 4.17. The van der Waals surface area contributed by atoms with Gasteiger partial charge in [-0.2, -0.15) is 0 Å². The van der Waals surface area contributed by atoms with E-state index in [1.54, 1.807) is 19.3 Å². The predicted molar refractivity (Wildman–Crippen MR) is 66.2 cm³/mol. The van der Waals surface area contributed by atoms with Gasteiger partial charge in [-0.3, -0.25) is 4.98 Å². The van der Waals surface area contributed by atoms with E-state index >= 15 is 0 Å². The number of halogens is 2. The maximum absolute atomic E-state index is 13.8. The highest BCUT2D eigenvalue weighted by molar-refractivity contribution is 5.32. The molecule has 0 fully saturated rings. The van der Waals surface area contributed by atoms with Gasteiger partial charge >= 0.3 is 0 Å². The van der Waals surface area contributed by atoms with Crippen molar-refractivity contribution in [3.8, 4) is 0 Å². The molecule has 2 aromatic rings. The number of aryl methyl sites for hydroxylation is 1. The summed E-state index contributed by atoms with van der Waals surface area (Å²) in [5.41, 5.74) is 1.96. The molecule has 18 heavy (non-hydrogen) atoms. The van der Waals surface area contributed by atoms with Gasteiger partial charge in [0, 0.05) is 17.5 Å². The van der Waals surface area contributed by atoms with Crippen LogP contribution in [0.1, 0.15) is 22.9 Å². The predicted octanol–water partition coefficient (Wildman–Crippen LogP) is 2.98. The maximum atomic E-state index is 13.8. The van der Waals surface area contributed by atoms with E-state index in [9.17, 15) is 8.78 Å². The first-order valence-corrected chi connectivity index (χ1v) is 5.67. The van der Waals surface area contributed by atoms with E-state index in [0.29, 0.717) is 0 Å². The van der Waals surface area contributed by atoms with Crippen molar-refractivity contribution in [2.75, 3.05) is 7.05 Å². The molecule has 94 valence electrons. The van der Waals surface area contributed by atoms with Crippen LogP contribution in [0.5, 0.6) is 0 Å². The molecule has 2 rings (SSSR count). The largest absolute Gasteiger partial charge is 0.309 e. The third-order valence-corrected chi connectivity index (χ3v) is 2.85. The SMILES string of the molecule is CNC(c1ccc(C)nc1)c1cccc(F)c1F. The first kappa shape index (κ1) is 12.6. The van der Waals surface area contributed by atoms with Gasteiger partial charge in [-0.05, 0) is 31.7 Å². The summed E-state index contributed by atoms with van der Waals surface area (Å²) < 4.78 is 27.0. The van der Waals surface area contributed by atoms with Crippen molar-refractivity contribution in [3.05, 3.63) is 65.0 Å². The summed E-state index contributed by atoms with van der Waals surface area (Å²) in [5, 5.41) is 2.98. The molecular weight excluding hydrogens is 234 g/mol. The van der Waals surface area contributed by atoms with Crippen molar-refractivity contribution in [3.63, 3.8) is 0 Å². The lowest BCUT2D eigenvalue weighted by Crippen LogP contribution is -2.19. The van der Waals surface area contributed by atoms with Gasteiger partial charge < -0.3 is 5.32 Å². The number of nitrogens with zero attached hydrogens (tertiary/aromatic N) is 1. The number of pyridine rings is 1.